The van der Waals surface area contributed by atoms with Gasteiger partial charge in [-0.25, -0.2) is 4.39 Å². The van der Waals surface area contributed by atoms with Crippen molar-refractivity contribution in [3.8, 4) is 11.3 Å². The molecule has 1 aromatic carbocycles. The highest BCUT2D eigenvalue weighted by molar-refractivity contribution is 6.43. The molecule has 0 radical (unpaired) electrons. The molecule has 2 N–H and O–H groups in total. The number of pyridine rings is 1. The third-order valence-corrected chi connectivity index (χ3v) is 2.89. The molecule has 0 aliphatic rings. The fourth-order valence-electron chi connectivity index (χ4n) is 1.34. The molecule has 1 heterocycles. The first-order valence-corrected chi connectivity index (χ1v) is 5.20. The normalized spacial score (nSPS) is 10.4. The summed E-state index contributed by atoms with van der Waals surface area (Å²) in [5.74, 6) is -0.524. The molecule has 1 aromatic heterocycles. The van der Waals surface area contributed by atoms with Gasteiger partial charge in [0.05, 0.1) is 21.9 Å². The van der Waals surface area contributed by atoms with E-state index in [-0.39, 0.29) is 16.4 Å². The molecule has 0 bridgehead atoms. The number of benzene rings is 1. The van der Waals surface area contributed by atoms with Gasteiger partial charge >= 0.3 is 0 Å². The van der Waals surface area contributed by atoms with Crippen LogP contribution in [0.2, 0.25) is 10.0 Å². The summed E-state index contributed by atoms with van der Waals surface area (Å²) < 4.78 is 13.6. The highest BCUT2D eigenvalue weighted by Crippen LogP contribution is 2.33. The van der Waals surface area contributed by atoms with E-state index in [1.54, 1.807) is 18.2 Å². The van der Waals surface area contributed by atoms with Gasteiger partial charge in [-0.05, 0) is 6.07 Å². The Morgan fingerprint density at radius 1 is 1.25 bits per heavy atom. The van der Waals surface area contributed by atoms with Crippen molar-refractivity contribution >= 4 is 28.9 Å². The Kier molecular flexibility index (Phi) is 2.99. The zero-order chi connectivity index (χ0) is 11.7. The maximum atomic E-state index is 13.6. The number of hydrogen-bond donors (Lipinski definition) is 1. The summed E-state index contributed by atoms with van der Waals surface area (Å²) in [5.41, 5.74) is 6.27. The third kappa shape index (κ3) is 1.96. The van der Waals surface area contributed by atoms with Crippen molar-refractivity contribution < 1.29 is 4.39 Å². The van der Waals surface area contributed by atoms with Crippen LogP contribution < -0.4 is 5.73 Å². The van der Waals surface area contributed by atoms with E-state index in [2.05, 4.69) is 4.98 Å². The lowest BCUT2D eigenvalue weighted by Crippen LogP contribution is -1.94. The first-order chi connectivity index (χ1) is 7.59. The molecule has 82 valence electrons. The SMILES string of the molecule is Nc1cnc(-c2cccc(Cl)c2Cl)c(F)c1. The van der Waals surface area contributed by atoms with Gasteiger partial charge in [-0.3, -0.25) is 4.98 Å². The van der Waals surface area contributed by atoms with Crippen LogP contribution in [-0.2, 0) is 0 Å². The van der Waals surface area contributed by atoms with Crippen LogP contribution in [0.5, 0.6) is 0 Å². The summed E-state index contributed by atoms with van der Waals surface area (Å²) in [7, 11) is 0. The molecular formula is C11H7Cl2FN2. The fraction of sp³-hybridized carbons (Fsp3) is 0. The Hall–Kier alpha value is -1.32. The van der Waals surface area contributed by atoms with Crippen molar-refractivity contribution in [2.24, 2.45) is 0 Å². The second kappa shape index (κ2) is 4.28. The number of rotatable bonds is 1. The number of aromatic nitrogens is 1. The molecule has 0 spiro atoms. The predicted molar refractivity (Wildman–Crippen MR) is 64.1 cm³/mol. The average Bonchev–Trinajstić information content (AvgIpc) is 2.23. The van der Waals surface area contributed by atoms with Crippen LogP contribution in [-0.4, -0.2) is 4.98 Å². The molecule has 0 aliphatic carbocycles. The van der Waals surface area contributed by atoms with E-state index in [0.29, 0.717) is 10.6 Å². The molecule has 0 fully saturated rings. The molecule has 2 aromatic rings. The lowest BCUT2D eigenvalue weighted by Gasteiger charge is -2.06. The number of anilines is 1. The van der Waals surface area contributed by atoms with E-state index in [1.807, 2.05) is 0 Å². The summed E-state index contributed by atoms with van der Waals surface area (Å²) in [4.78, 5) is 3.91. The second-order valence-corrected chi connectivity index (χ2v) is 3.99. The van der Waals surface area contributed by atoms with Crippen molar-refractivity contribution in [2.75, 3.05) is 5.73 Å². The van der Waals surface area contributed by atoms with Crippen molar-refractivity contribution in [3.05, 3.63) is 46.3 Å². The van der Waals surface area contributed by atoms with Gasteiger partial charge in [0, 0.05) is 11.6 Å². The van der Waals surface area contributed by atoms with Crippen LogP contribution in [0, 0.1) is 5.82 Å². The van der Waals surface area contributed by atoms with Gasteiger partial charge in [0.2, 0.25) is 0 Å². The minimum atomic E-state index is -0.524. The van der Waals surface area contributed by atoms with E-state index >= 15 is 0 Å². The Morgan fingerprint density at radius 2 is 2.00 bits per heavy atom. The summed E-state index contributed by atoms with van der Waals surface area (Å²) >= 11 is 11.8. The molecule has 0 unspecified atom stereocenters. The Balaban J connectivity index is 2.63. The Morgan fingerprint density at radius 3 is 2.69 bits per heavy atom. The van der Waals surface area contributed by atoms with E-state index in [9.17, 15) is 4.39 Å². The second-order valence-electron chi connectivity index (χ2n) is 3.20. The zero-order valence-corrected chi connectivity index (χ0v) is 9.56. The smallest absolute Gasteiger partial charge is 0.151 e. The van der Waals surface area contributed by atoms with Crippen LogP contribution in [0.1, 0.15) is 0 Å². The highest BCUT2D eigenvalue weighted by Gasteiger charge is 2.12. The first kappa shape index (κ1) is 11.2. The third-order valence-electron chi connectivity index (χ3n) is 2.07. The van der Waals surface area contributed by atoms with Gasteiger partial charge in [-0.2, -0.15) is 0 Å². The van der Waals surface area contributed by atoms with Gasteiger partial charge in [-0.1, -0.05) is 35.3 Å². The maximum Gasteiger partial charge on any atom is 0.151 e. The number of nitrogens with zero attached hydrogens (tertiary/aromatic N) is 1. The summed E-state index contributed by atoms with van der Waals surface area (Å²) in [6, 6.07) is 6.15. The van der Waals surface area contributed by atoms with E-state index in [0.717, 1.165) is 0 Å². The van der Waals surface area contributed by atoms with Gasteiger partial charge in [-0.15, -0.1) is 0 Å². The van der Waals surface area contributed by atoms with Gasteiger partial charge in [0.1, 0.15) is 5.69 Å². The molecule has 2 rings (SSSR count). The number of hydrogen-bond acceptors (Lipinski definition) is 2. The number of nitrogen functional groups attached to an aromatic ring is 1. The highest BCUT2D eigenvalue weighted by atomic mass is 35.5. The van der Waals surface area contributed by atoms with Crippen LogP contribution in [0.25, 0.3) is 11.3 Å². The van der Waals surface area contributed by atoms with Gasteiger partial charge in [0.25, 0.3) is 0 Å². The predicted octanol–water partition coefficient (Wildman–Crippen LogP) is 3.78. The first-order valence-electron chi connectivity index (χ1n) is 4.45. The standard InChI is InChI=1S/C11H7Cl2FN2/c12-8-3-1-2-7(10(8)13)11-9(14)4-6(15)5-16-11/h1-5H,15H2. The molecule has 0 amide bonds. The molecule has 2 nitrogen and oxygen atoms in total. The lowest BCUT2D eigenvalue weighted by molar-refractivity contribution is 0.626. The Bertz CT molecular complexity index is 544. The minimum absolute atomic E-state index is 0.140. The van der Waals surface area contributed by atoms with Gasteiger partial charge in [0.15, 0.2) is 5.82 Å². The molecular weight excluding hydrogens is 250 g/mol. The zero-order valence-electron chi connectivity index (χ0n) is 8.05. The fourth-order valence-corrected chi connectivity index (χ4v) is 1.73. The van der Waals surface area contributed by atoms with Crippen molar-refractivity contribution in [2.45, 2.75) is 0 Å². The lowest BCUT2D eigenvalue weighted by atomic mass is 10.1. The van der Waals surface area contributed by atoms with Crippen molar-refractivity contribution in [1.29, 1.82) is 0 Å². The minimum Gasteiger partial charge on any atom is -0.397 e. The Labute approximate surface area is 102 Å². The molecule has 0 saturated heterocycles. The summed E-state index contributed by atoms with van der Waals surface area (Å²) in [6.07, 6.45) is 1.37. The van der Waals surface area contributed by atoms with Crippen molar-refractivity contribution in [1.82, 2.24) is 4.98 Å². The van der Waals surface area contributed by atoms with E-state index in [1.165, 1.54) is 12.3 Å². The monoisotopic (exact) mass is 256 g/mol. The number of nitrogens with two attached hydrogens (primary N) is 1. The number of halogens is 3. The van der Waals surface area contributed by atoms with E-state index < -0.39 is 5.82 Å². The summed E-state index contributed by atoms with van der Waals surface area (Å²) in [5, 5.41) is 0.637. The van der Waals surface area contributed by atoms with Crippen LogP contribution >= 0.6 is 23.2 Å². The van der Waals surface area contributed by atoms with Gasteiger partial charge < -0.3 is 5.73 Å². The van der Waals surface area contributed by atoms with Crippen LogP contribution in [0.3, 0.4) is 0 Å². The molecule has 0 saturated carbocycles. The summed E-state index contributed by atoms with van der Waals surface area (Å²) in [6.45, 7) is 0. The maximum absolute atomic E-state index is 13.6. The topological polar surface area (TPSA) is 38.9 Å². The largest absolute Gasteiger partial charge is 0.397 e. The average molecular weight is 257 g/mol. The molecule has 16 heavy (non-hydrogen) atoms. The molecule has 0 atom stereocenters. The van der Waals surface area contributed by atoms with Crippen molar-refractivity contribution in [3.63, 3.8) is 0 Å². The molecule has 5 heteroatoms. The quantitative estimate of drug-likeness (QED) is 0.844. The van der Waals surface area contributed by atoms with E-state index in [4.69, 9.17) is 28.9 Å². The molecule has 0 aliphatic heterocycles. The van der Waals surface area contributed by atoms with Crippen LogP contribution in [0.4, 0.5) is 10.1 Å². The van der Waals surface area contributed by atoms with Crippen LogP contribution in [0.15, 0.2) is 30.5 Å².